The minimum Gasteiger partial charge on any atom is -0.493 e. The second kappa shape index (κ2) is 10.4. The fourth-order valence-electron chi connectivity index (χ4n) is 2.43. The molecule has 3 aromatic rings. The molecule has 1 aromatic heterocycles. The molecule has 1 amide bonds. The van der Waals surface area contributed by atoms with Crippen LogP contribution in [0.3, 0.4) is 0 Å². The zero-order chi connectivity index (χ0) is 21.5. The zero-order valence-corrected chi connectivity index (χ0v) is 18.8. The Morgan fingerprint density at radius 3 is 2.73 bits per heavy atom. The predicted molar refractivity (Wildman–Crippen MR) is 121 cm³/mol. The van der Waals surface area contributed by atoms with Crippen molar-refractivity contribution in [3.8, 4) is 11.5 Å². The summed E-state index contributed by atoms with van der Waals surface area (Å²) in [5.74, 6) is 0.689. The highest BCUT2D eigenvalue weighted by atomic mass is 79.9. The number of nitrogens with one attached hydrogen (secondary N) is 1. The van der Waals surface area contributed by atoms with Crippen LogP contribution in [0.15, 0.2) is 64.4 Å². The molecular weight excluding hydrogens is 493 g/mol. The van der Waals surface area contributed by atoms with E-state index in [0.717, 1.165) is 5.56 Å². The molecule has 1 heterocycles. The molecule has 0 saturated carbocycles. The Balaban J connectivity index is 1.70. The van der Waals surface area contributed by atoms with Crippen molar-refractivity contribution >= 4 is 51.3 Å². The molecule has 0 spiro atoms. The van der Waals surface area contributed by atoms with Gasteiger partial charge in [-0.2, -0.15) is 5.10 Å². The lowest BCUT2D eigenvalue weighted by Crippen LogP contribution is -2.17. The third-order valence-corrected chi connectivity index (χ3v) is 5.38. The summed E-state index contributed by atoms with van der Waals surface area (Å²) in [5, 5.41) is 4.94. The quantitative estimate of drug-likeness (QED) is 0.337. The number of amides is 1. The molecule has 0 radical (unpaired) electrons. The van der Waals surface area contributed by atoms with E-state index in [4.69, 9.17) is 32.7 Å². The summed E-state index contributed by atoms with van der Waals surface area (Å²) in [6.07, 6.45) is 4.56. The molecule has 0 unspecified atom stereocenters. The van der Waals surface area contributed by atoms with E-state index in [2.05, 4.69) is 31.4 Å². The second-order valence-corrected chi connectivity index (χ2v) is 7.67. The number of nitrogens with zero attached hydrogens (tertiary/aromatic N) is 2. The Kier molecular flexibility index (Phi) is 7.68. The molecule has 0 aliphatic carbocycles. The fraction of sp³-hybridized carbons (Fsp3) is 0.0952. The third kappa shape index (κ3) is 5.72. The minimum absolute atomic E-state index is 0.286. The van der Waals surface area contributed by atoms with Crippen LogP contribution in [0, 0.1) is 0 Å². The Morgan fingerprint density at radius 2 is 2.03 bits per heavy atom. The number of methoxy groups -OCH3 is 1. The van der Waals surface area contributed by atoms with Crippen LogP contribution in [-0.4, -0.2) is 24.2 Å². The number of hydrogen-bond donors (Lipinski definition) is 1. The van der Waals surface area contributed by atoms with Gasteiger partial charge in [0.15, 0.2) is 11.5 Å². The van der Waals surface area contributed by atoms with Crippen LogP contribution in [0.1, 0.15) is 21.5 Å². The summed E-state index contributed by atoms with van der Waals surface area (Å²) in [7, 11) is 1.54. The molecule has 30 heavy (non-hydrogen) atoms. The molecule has 0 bridgehead atoms. The van der Waals surface area contributed by atoms with Crippen molar-refractivity contribution in [3.05, 3.63) is 86.1 Å². The molecule has 3 rings (SSSR count). The van der Waals surface area contributed by atoms with E-state index in [1.165, 1.54) is 12.4 Å². The second-order valence-electron chi connectivity index (χ2n) is 6.00. The SMILES string of the molecule is COc1cc(/C=N/NC(=O)c2cccnc2)c(Br)cc1OCc1ccc(Cl)c(Cl)c1. The number of rotatable bonds is 7. The number of ether oxygens (including phenoxy) is 2. The monoisotopic (exact) mass is 507 g/mol. The first-order chi connectivity index (χ1) is 14.5. The maximum Gasteiger partial charge on any atom is 0.272 e. The van der Waals surface area contributed by atoms with Crippen molar-refractivity contribution < 1.29 is 14.3 Å². The minimum atomic E-state index is -0.357. The lowest BCUT2D eigenvalue weighted by atomic mass is 10.2. The maximum absolute atomic E-state index is 12.0. The normalized spacial score (nSPS) is 10.8. The average Bonchev–Trinajstić information content (AvgIpc) is 2.76. The van der Waals surface area contributed by atoms with Gasteiger partial charge in [-0.3, -0.25) is 9.78 Å². The summed E-state index contributed by atoms with van der Waals surface area (Å²) in [6.45, 7) is 0.286. The van der Waals surface area contributed by atoms with Gasteiger partial charge in [-0.1, -0.05) is 29.3 Å². The molecule has 0 saturated heterocycles. The summed E-state index contributed by atoms with van der Waals surface area (Å²) in [4.78, 5) is 15.9. The van der Waals surface area contributed by atoms with Crippen molar-refractivity contribution in [2.45, 2.75) is 6.61 Å². The van der Waals surface area contributed by atoms with Crippen molar-refractivity contribution in [2.75, 3.05) is 7.11 Å². The lowest BCUT2D eigenvalue weighted by molar-refractivity contribution is 0.0955. The number of hydrogen-bond acceptors (Lipinski definition) is 5. The number of hydrazone groups is 1. The summed E-state index contributed by atoms with van der Waals surface area (Å²) in [5.41, 5.74) is 4.43. The van der Waals surface area contributed by atoms with Crippen molar-refractivity contribution in [1.82, 2.24) is 10.4 Å². The third-order valence-electron chi connectivity index (χ3n) is 3.95. The lowest BCUT2D eigenvalue weighted by Gasteiger charge is -2.13. The van der Waals surface area contributed by atoms with Crippen molar-refractivity contribution in [3.63, 3.8) is 0 Å². The van der Waals surface area contributed by atoms with Crippen LogP contribution in [0.25, 0.3) is 0 Å². The number of halogens is 3. The van der Waals surface area contributed by atoms with Crippen LogP contribution in [0.4, 0.5) is 0 Å². The molecule has 2 aromatic carbocycles. The number of carbonyl (C=O) groups is 1. The Morgan fingerprint density at radius 1 is 1.20 bits per heavy atom. The predicted octanol–water partition coefficient (Wildman–Crippen LogP) is 5.50. The molecule has 0 aliphatic rings. The molecule has 1 N–H and O–H groups in total. The summed E-state index contributed by atoms with van der Waals surface area (Å²) >= 11 is 15.5. The Bertz CT molecular complexity index is 1080. The van der Waals surface area contributed by atoms with E-state index < -0.39 is 0 Å². The fourth-order valence-corrected chi connectivity index (χ4v) is 3.18. The molecule has 154 valence electrons. The van der Waals surface area contributed by atoms with Gasteiger partial charge in [0, 0.05) is 22.4 Å². The first kappa shape index (κ1) is 22.1. The van der Waals surface area contributed by atoms with Gasteiger partial charge in [-0.05, 0) is 57.9 Å². The van der Waals surface area contributed by atoms with Gasteiger partial charge in [-0.25, -0.2) is 5.43 Å². The van der Waals surface area contributed by atoms with Gasteiger partial charge in [0.25, 0.3) is 5.91 Å². The van der Waals surface area contributed by atoms with Crippen molar-refractivity contribution in [1.29, 1.82) is 0 Å². The molecule has 9 heteroatoms. The maximum atomic E-state index is 12.0. The van der Waals surface area contributed by atoms with Crippen LogP contribution >= 0.6 is 39.1 Å². The first-order valence-electron chi connectivity index (χ1n) is 8.65. The summed E-state index contributed by atoms with van der Waals surface area (Å²) in [6, 6.07) is 12.1. The molecule has 0 aliphatic heterocycles. The highest BCUT2D eigenvalue weighted by molar-refractivity contribution is 9.10. The first-order valence-corrected chi connectivity index (χ1v) is 10.2. The highest BCUT2D eigenvalue weighted by Gasteiger charge is 2.11. The Labute approximate surface area is 192 Å². The standard InChI is InChI=1S/C21H16BrCl2N3O3/c1-29-19-8-15(11-26-27-21(28)14-3-2-6-25-10-14)16(22)9-20(19)30-12-13-4-5-17(23)18(24)7-13/h2-11H,12H2,1H3,(H,27,28)/b26-11+. The van der Waals surface area contributed by atoms with Gasteiger partial charge in [-0.15, -0.1) is 0 Å². The number of pyridine rings is 1. The van der Waals surface area contributed by atoms with Gasteiger partial charge in [0.05, 0.1) is 28.9 Å². The van der Waals surface area contributed by atoms with Gasteiger partial charge < -0.3 is 9.47 Å². The smallest absolute Gasteiger partial charge is 0.272 e. The number of benzene rings is 2. The van der Waals surface area contributed by atoms with Crippen LogP contribution in [-0.2, 0) is 6.61 Å². The molecular formula is C21H16BrCl2N3O3. The molecule has 0 fully saturated rings. The van der Waals surface area contributed by atoms with Gasteiger partial charge in [0.2, 0.25) is 0 Å². The molecule has 6 nitrogen and oxygen atoms in total. The van der Waals surface area contributed by atoms with Gasteiger partial charge in [0.1, 0.15) is 6.61 Å². The topological polar surface area (TPSA) is 72.8 Å². The summed E-state index contributed by atoms with van der Waals surface area (Å²) < 4.78 is 12.0. The largest absolute Gasteiger partial charge is 0.493 e. The average molecular weight is 509 g/mol. The van der Waals surface area contributed by atoms with Crippen molar-refractivity contribution in [2.24, 2.45) is 5.10 Å². The Hall–Kier alpha value is -2.61. The van der Waals surface area contributed by atoms with Crippen LogP contribution < -0.4 is 14.9 Å². The van der Waals surface area contributed by atoms with E-state index in [0.29, 0.717) is 37.1 Å². The van der Waals surface area contributed by atoms with Gasteiger partial charge >= 0.3 is 0 Å². The van der Waals surface area contributed by atoms with E-state index in [1.807, 2.05) is 6.07 Å². The van der Waals surface area contributed by atoms with E-state index >= 15 is 0 Å². The molecule has 0 atom stereocenters. The van der Waals surface area contributed by atoms with E-state index in [-0.39, 0.29) is 12.5 Å². The van der Waals surface area contributed by atoms with E-state index in [1.54, 1.807) is 49.7 Å². The van der Waals surface area contributed by atoms with E-state index in [9.17, 15) is 4.79 Å². The number of carbonyl (C=O) groups excluding carboxylic acids is 1. The zero-order valence-electron chi connectivity index (χ0n) is 15.7. The van der Waals surface area contributed by atoms with Crippen LogP contribution in [0.2, 0.25) is 10.0 Å². The highest BCUT2D eigenvalue weighted by Crippen LogP contribution is 2.34. The van der Waals surface area contributed by atoms with Crippen LogP contribution in [0.5, 0.6) is 11.5 Å². The number of aromatic nitrogens is 1.